The van der Waals surface area contributed by atoms with Gasteiger partial charge >= 0.3 is 0 Å². The summed E-state index contributed by atoms with van der Waals surface area (Å²) in [4.78, 5) is 32.6. The van der Waals surface area contributed by atoms with E-state index in [4.69, 9.17) is 9.51 Å². The van der Waals surface area contributed by atoms with Crippen LogP contribution < -0.4 is 5.56 Å². The molecule has 7 nitrogen and oxygen atoms in total. The molecule has 1 aliphatic carbocycles. The highest BCUT2D eigenvalue weighted by molar-refractivity contribution is 5.93. The third kappa shape index (κ3) is 2.57. The minimum atomic E-state index is -0.237. The van der Waals surface area contributed by atoms with Crippen LogP contribution in [0.15, 0.2) is 33.6 Å². The minimum Gasteiger partial charge on any atom is -0.350 e. The molecule has 7 heteroatoms. The molecular weight excluding hydrogens is 356 g/mol. The van der Waals surface area contributed by atoms with E-state index in [0.29, 0.717) is 29.0 Å². The predicted octanol–water partition coefficient (Wildman–Crippen LogP) is 2.78. The molecule has 0 bridgehead atoms. The van der Waals surface area contributed by atoms with E-state index in [-0.39, 0.29) is 17.5 Å². The van der Waals surface area contributed by atoms with Gasteiger partial charge in [0.1, 0.15) is 5.82 Å². The smallest absolute Gasteiger partial charge is 0.293 e. The van der Waals surface area contributed by atoms with Gasteiger partial charge in [0.2, 0.25) is 5.76 Å². The molecule has 0 saturated carbocycles. The molecule has 0 radical (unpaired) electrons. The van der Waals surface area contributed by atoms with E-state index in [1.807, 2.05) is 18.2 Å². The summed E-state index contributed by atoms with van der Waals surface area (Å²) in [5.74, 6) is 0.857. The molecule has 2 aliphatic rings. The number of likely N-dealkylation sites (tertiary alicyclic amines) is 1. The van der Waals surface area contributed by atoms with Crippen LogP contribution in [0.2, 0.25) is 0 Å². The molecule has 1 amide bonds. The maximum Gasteiger partial charge on any atom is 0.293 e. The van der Waals surface area contributed by atoms with Gasteiger partial charge in [-0.3, -0.25) is 14.2 Å². The Morgan fingerprint density at radius 2 is 2.00 bits per heavy atom. The van der Waals surface area contributed by atoms with Crippen LogP contribution in [0.1, 0.15) is 59.4 Å². The highest BCUT2D eigenvalue weighted by Gasteiger charge is 2.37. The van der Waals surface area contributed by atoms with Gasteiger partial charge in [-0.1, -0.05) is 17.3 Å². The lowest BCUT2D eigenvalue weighted by Gasteiger charge is -2.25. The molecule has 0 N–H and O–H groups in total. The van der Waals surface area contributed by atoms with E-state index in [2.05, 4.69) is 5.16 Å². The number of aromatic nitrogens is 3. The molecule has 144 valence electrons. The average Bonchev–Trinajstić information content (AvgIpc) is 3.37. The van der Waals surface area contributed by atoms with Crippen LogP contribution in [0.5, 0.6) is 0 Å². The summed E-state index contributed by atoms with van der Waals surface area (Å²) >= 11 is 0. The lowest BCUT2D eigenvalue weighted by atomic mass is 9.96. The number of benzene rings is 1. The molecular formula is C21H22N4O3. The van der Waals surface area contributed by atoms with Gasteiger partial charge in [-0.15, -0.1) is 0 Å². The molecule has 28 heavy (non-hydrogen) atoms. The Morgan fingerprint density at radius 3 is 2.89 bits per heavy atom. The zero-order chi connectivity index (χ0) is 19.3. The number of fused-ring (bicyclic) bond motifs is 2. The molecule has 3 aromatic rings. The summed E-state index contributed by atoms with van der Waals surface area (Å²) in [6, 6.07) is 7.10. The number of hydrogen-bond donors (Lipinski definition) is 0. The fraction of sp³-hybridized carbons (Fsp3) is 0.429. The van der Waals surface area contributed by atoms with Crippen molar-refractivity contribution >= 4 is 16.8 Å². The Kier molecular flexibility index (Phi) is 4.03. The largest absolute Gasteiger partial charge is 0.350 e. The standard InChI is InChI=1S/C21H22N4O3/c1-24-19(22-15-9-4-3-8-14(15)20(24)26)17-11-6-12-25(17)21(27)18-13-7-2-5-10-16(13)23-28-18/h3-4,8-9,17H,2,5-7,10-12H2,1H3. The second kappa shape index (κ2) is 6.58. The SMILES string of the molecule is Cn1c(C2CCCN2C(=O)c2onc3c2CCCC3)nc2ccccc2c1=O. The van der Waals surface area contributed by atoms with Crippen molar-refractivity contribution in [3.05, 3.63) is 57.5 Å². The van der Waals surface area contributed by atoms with Gasteiger partial charge in [0.15, 0.2) is 0 Å². The molecule has 1 atom stereocenters. The van der Waals surface area contributed by atoms with Crippen molar-refractivity contribution in [2.45, 2.75) is 44.6 Å². The highest BCUT2D eigenvalue weighted by atomic mass is 16.5. The first-order valence-corrected chi connectivity index (χ1v) is 9.89. The number of carbonyl (C=O) groups is 1. The van der Waals surface area contributed by atoms with Gasteiger partial charge in [0.25, 0.3) is 11.5 Å². The van der Waals surface area contributed by atoms with Crippen molar-refractivity contribution in [3.63, 3.8) is 0 Å². The maximum absolute atomic E-state index is 13.3. The van der Waals surface area contributed by atoms with E-state index in [1.54, 1.807) is 22.6 Å². The Morgan fingerprint density at radius 1 is 1.18 bits per heavy atom. The van der Waals surface area contributed by atoms with Crippen molar-refractivity contribution in [1.82, 2.24) is 19.6 Å². The summed E-state index contributed by atoms with van der Waals surface area (Å²) in [5, 5.41) is 4.72. The van der Waals surface area contributed by atoms with Gasteiger partial charge < -0.3 is 9.42 Å². The fourth-order valence-corrected chi connectivity index (χ4v) is 4.50. The molecule has 1 fully saturated rings. The number of amides is 1. The van der Waals surface area contributed by atoms with Gasteiger partial charge in [0, 0.05) is 19.2 Å². The first kappa shape index (κ1) is 17.2. The topological polar surface area (TPSA) is 81.2 Å². The lowest BCUT2D eigenvalue weighted by Crippen LogP contribution is -2.35. The molecule has 1 saturated heterocycles. The second-order valence-electron chi connectivity index (χ2n) is 7.65. The Bertz CT molecular complexity index is 1130. The Balaban J connectivity index is 1.55. The van der Waals surface area contributed by atoms with Gasteiger partial charge in [-0.25, -0.2) is 4.98 Å². The van der Waals surface area contributed by atoms with Gasteiger partial charge in [-0.05, 0) is 50.7 Å². The zero-order valence-corrected chi connectivity index (χ0v) is 15.9. The van der Waals surface area contributed by atoms with Crippen LogP contribution in [0.3, 0.4) is 0 Å². The molecule has 5 rings (SSSR count). The summed E-state index contributed by atoms with van der Waals surface area (Å²) in [6.07, 6.45) is 5.50. The van der Waals surface area contributed by atoms with E-state index >= 15 is 0 Å². The van der Waals surface area contributed by atoms with E-state index in [9.17, 15) is 9.59 Å². The first-order valence-electron chi connectivity index (χ1n) is 9.89. The van der Waals surface area contributed by atoms with Crippen LogP contribution in [0.4, 0.5) is 0 Å². The number of aryl methyl sites for hydroxylation is 1. The predicted molar refractivity (Wildman–Crippen MR) is 103 cm³/mol. The van der Waals surface area contributed by atoms with E-state index in [1.165, 1.54) is 0 Å². The van der Waals surface area contributed by atoms with Crippen LogP contribution >= 0.6 is 0 Å². The Labute approximate surface area is 162 Å². The first-order chi connectivity index (χ1) is 13.6. The number of para-hydroxylation sites is 1. The number of nitrogens with zero attached hydrogens (tertiary/aromatic N) is 4. The third-order valence-corrected chi connectivity index (χ3v) is 5.98. The summed E-state index contributed by atoms with van der Waals surface area (Å²) in [6.45, 7) is 0.627. The molecule has 2 aromatic heterocycles. The summed E-state index contributed by atoms with van der Waals surface area (Å²) in [5.41, 5.74) is 2.46. The van der Waals surface area contributed by atoms with Crippen molar-refractivity contribution in [1.29, 1.82) is 0 Å². The number of carbonyl (C=O) groups excluding carboxylic acids is 1. The van der Waals surface area contributed by atoms with Crippen LogP contribution in [0.25, 0.3) is 10.9 Å². The van der Waals surface area contributed by atoms with Crippen molar-refractivity contribution in [3.8, 4) is 0 Å². The second-order valence-corrected chi connectivity index (χ2v) is 7.65. The zero-order valence-electron chi connectivity index (χ0n) is 15.9. The maximum atomic E-state index is 13.3. The van der Waals surface area contributed by atoms with E-state index < -0.39 is 0 Å². The quantitative estimate of drug-likeness (QED) is 0.685. The normalized spacial score (nSPS) is 19.2. The monoisotopic (exact) mass is 378 g/mol. The number of rotatable bonds is 2. The van der Waals surface area contributed by atoms with E-state index in [0.717, 1.165) is 49.8 Å². The molecule has 3 heterocycles. The molecule has 1 aliphatic heterocycles. The van der Waals surface area contributed by atoms with Crippen LogP contribution in [0, 0.1) is 0 Å². The minimum absolute atomic E-state index is 0.0862. The summed E-state index contributed by atoms with van der Waals surface area (Å²) in [7, 11) is 1.73. The fourth-order valence-electron chi connectivity index (χ4n) is 4.50. The number of hydrogen-bond acceptors (Lipinski definition) is 5. The van der Waals surface area contributed by atoms with Gasteiger partial charge in [-0.2, -0.15) is 0 Å². The van der Waals surface area contributed by atoms with Crippen molar-refractivity contribution in [2.24, 2.45) is 7.05 Å². The Hall–Kier alpha value is -2.96. The van der Waals surface area contributed by atoms with Gasteiger partial charge in [0.05, 0.1) is 22.6 Å². The third-order valence-electron chi connectivity index (χ3n) is 5.98. The average molecular weight is 378 g/mol. The van der Waals surface area contributed by atoms with Crippen LogP contribution in [-0.2, 0) is 19.9 Å². The molecule has 1 aromatic carbocycles. The highest BCUT2D eigenvalue weighted by Crippen LogP contribution is 2.34. The van der Waals surface area contributed by atoms with Crippen molar-refractivity contribution in [2.75, 3.05) is 6.54 Å². The molecule has 0 spiro atoms. The molecule has 1 unspecified atom stereocenters. The summed E-state index contributed by atoms with van der Waals surface area (Å²) < 4.78 is 7.05. The van der Waals surface area contributed by atoms with Crippen molar-refractivity contribution < 1.29 is 9.32 Å². The van der Waals surface area contributed by atoms with Crippen LogP contribution in [-0.4, -0.2) is 32.1 Å². The lowest BCUT2D eigenvalue weighted by molar-refractivity contribution is 0.0683.